The van der Waals surface area contributed by atoms with E-state index in [1.54, 1.807) is 12.1 Å². The van der Waals surface area contributed by atoms with Crippen LogP contribution in [0.4, 0.5) is 0 Å². The number of aromatic carboxylic acids is 1. The number of carboxylic acid groups (broad SMARTS) is 1. The molecule has 0 aliphatic rings. The maximum atomic E-state index is 12.3. The number of hydrogen-bond acceptors (Lipinski definition) is 4. The zero-order chi connectivity index (χ0) is 13.4. The molecule has 0 bridgehead atoms. The predicted molar refractivity (Wildman–Crippen MR) is 69.0 cm³/mol. The average molecular weight is 320 g/mol. The van der Waals surface area contributed by atoms with Crippen molar-refractivity contribution in [1.82, 2.24) is 13.5 Å². The molecule has 6 nitrogen and oxygen atoms in total. The first-order valence-corrected chi connectivity index (χ1v) is 6.96. The van der Waals surface area contributed by atoms with Crippen LogP contribution in [0.5, 0.6) is 0 Å². The molecule has 0 unspecified atom stereocenters. The Labute approximate surface area is 112 Å². The van der Waals surface area contributed by atoms with Crippen molar-refractivity contribution in [2.24, 2.45) is 0 Å². The molecule has 1 aromatic carbocycles. The molecule has 0 amide bonds. The first-order valence-electron chi connectivity index (χ1n) is 5.34. The van der Waals surface area contributed by atoms with Gasteiger partial charge in [-0.2, -0.15) is 0 Å². The summed E-state index contributed by atoms with van der Waals surface area (Å²) in [6, 6.07) is 7.23. The molecule has 0 saturated heterocycles. The number of hydrogen-bond donors (Lipinski definition) is 1. The van der Waals surface area contributed by atoms with E-state index in [0.717, 1.165) is 4.26 Å². The third-order valence-corrected chi connectivity index (χ3v) is 4.82. The van der Waals surface area contributed by atoms with Gasteiger partial charge in [0.25, 0.3) is 0 Å². The molecule has 2 heterocycles. The number of benzene rings is 1. The van der Waals surface area contributed by atoms with Gasteiger partial charge in [-0.3, -0.25) is 0 Å². The Morgan fingerprint density at radius 1 is 1.21 bits per heavy atom. The molecule has 0 radical (unpaired) electrons. The van der Waals surface area contributed by atoms with Crippen LogP contribution in [0.25, 0.3) is 15.5 Å². The van der Waals surface area contributed by atoms with E-state index in [2.05, 4.69) is 9.97 Å². The van der Waals surface area contributed by atoms with E-state index in [9.17, 15) is 9.59 Å². The van der Waals surface area contributed by atoms with E-state index in [-0.39, 0.29) is 31.8 Å². The SMILES string of the molecule is O=C(O)c1nccnc1-n1[se]c2ccccc2c1=O. The Kier molecular flexibility index (Phi) is 2.77. The van der Waals surface area contributed by atoms with Gasteiger partial charge in [0.05, 0.1) is 0 Å². The standard InChI is InChI=1S/C12H7N3O3Se/c16-11-7-3-1-2-4-8(7)19-15(11)10-9(12(17)18)13-5-6-14-10/h1-6H,(H,17,18). The van der Waals surface area contributed by atoms with Crippen LogP contribution in [0.15, 0.2) is 41.5 Å². The summed E-state index contributed by atoms with van der Waals surface area (Å²) >= 11 is -0.312. The molecule has 0 aliphatic carbocycles. The van der Waals surface area contributed by atoms with Crippen molar-refractivity contribution in [3.63, 3.8) is 0 Å². The number of carbonyl (C=O) groups is 1. The zero-order valence-electron chi connectivity index (χ0n) is 9.48. The van der Waals surface area contributed by atoms with Gasteiger partial charge < -0.3 is 0 Å². The minimum absolute atomic E-state index is 0.108. The summed E-state index contributed by atoms with van der Waals surface area (Å²) in [6.07, 6.45) is 2.68. The Morgan fingerprint density at radius 3 is 2.68 bits per heavy atom. The molecule has 0 fully saturated rings. The van der Waals surface area contributed by atoms with Gasteiger partial charge in [0.15, 0.2) is 0 Å². The molecule has 3 aromatic rings. The third-order valence-electron chi connectivity index (χ3n) is 2.57. The van der Waals surface area contributed by atoms with Gasteiger partial charge in [-0.05, 0) is 0 Å². The summed E-state index contributed by atoms with van der Waals surface area (Å²) in [5.74, 6) is -1.08. The van der Waals surface area contributed by atoms with Crippen molar-refractivity contribution >= 4 is 30.3 Å². The first kappa shape index (κ1) is 11.8. The molecule has 0 aliphatic heterocycles. The summed E-state index contributed by atoms with van der Waals surface area (Å²) in [6.45, 7) is 0. The van der Waals surface area contributed by atoms with Gasteiger partial charge in [0.2, 0.25) is 0 Å². The molecule has 0 atom stereocenters. The van der Waals surface area contributed by atoms with E-state index in [0.29, 0.717) is 5.39 Å². The summed E-state index contributed by atoms with van der Waals surface area (Å²) in [7, 11) is 0. The molecule has 0 saturated carbocycles. The van der Waals surface area contributed by atoms with Gasteiger partial charge in [-0.25, -0.2) is 0 Å². The molecule has 1 N–H and O–H groups in total. The van der Waals surface area contributed by atoms with Crippen LogP contribution in [-0.4, -0.2) is 39.3 Å². The van der Waals surface area contributed by atoms with Crippen LogP contribution in [0.2, 0.25) is 0 Å². The number of nitrogens with zero attached hydrogens (tertiary/aromatic N) is 3. The minimum atomic E-state index is -1.19. The summed E-state index contributed by atoms with van der Waals surface area (Å²) < 4.78 is 2.32. The molecule has 0 spiro atoms. The van der Waals surface area contributed by atoms with Crippen molar-refractivity contribution in [2.75, 3.05) is 0 Å². The van der Waals surface area contributed by atoms with Crippen molar-refractivity contribution < 1.29 is 9.90 Å². The van der Waals surface area contributed by atoms with Crippen LogP contribution in [0.1, 0.15) is 10.5 Å². The van der Waals surface area contributed by atoms with Crippen molar-refractivity contribution in [3.8, 4) is 5.82 Å². The fourth-order valence-electron chi connectivity index (χ4n) is 1.74. The van der Waals surface area contributed by atoms with Crippen LogP contribution < -0.4 is 5.56 Å². The monoisotopic (exact) mass is 321 g/mol. The Balaban J connectivity index is 2.34. The first-order chi connectivity index (χ1) is 9.18. The molecule has 3 rings (SSSR count). The molecule has 19 heavy (non-hydrogen) atoms. The number of aromatic nitrogens is 3. The van der Waals surface area contributed by atoms with Crippen molar-refractivity contribution in [1.29, 1.82) is 0 Å². The van der Waals surface area contributed by atoms with Gasteiger partial charge in [-0.1, -0.05) is 0 Å². The van der Waals surface area contributed by atoms with E-state index in [4.69, 9.17) is 5.11 Å². The third kappa shape index (κ3) is 1.89. The maximum absolute atomic E-state index is 12.3. The van der Waals surface area contributed by atoms with Gasteiger partial charge in [0, 0.05) is 0 Å². The topological polar surface area (TPSA) is 85.1 Å². The number of fused-ring (bicyclic) bond motifs is 1. The van der Waals surface area contributed by atoms with Crippen LogP contribution >= 0.6 is 0 Å². The molecule has 94 valence electrons. The predicted octanol–water partition coefficient (Wildman–Crippen LogP) is 0.536. The van der Waals surface area contributed by atoms with E-state index in [1.807, 2.05) is 12.1 Å². The number of rotatable bonds is 2. The summed E-state index contributed by atoms with van der Waals surface area (Å²) in [5, 5.41) is 9.70. The van der Waals surface area contributed by atoms with Gasteiger partial charge in [-0.15, -0.1) is 0 Å². The van der Waals surface area contributed by atoms with E-state index in [1.165, 1.54) is 16.0 Å². The Hall–Kier alpha value is -2.24. The summed E-state index contributed by atoms with van der Waals surface area (Å²) in [4.78, 5) is 31.1. The second-order valence-electron chi connectivity index (χ2n) is 3.72. The van der Waals surface area contributed by atoms with Crippen LogP contribution in [-0.2, 0) is 0 Å². The van der Waals surface area contributed by atoms with E-state index < -0.39 is 5.97 Å². The second kappa shape index (κ2) is 4.46. The number of carboxylic acids is 1. The molecular formula is C12H7N3O3Se. The Morgan fingerprint density at radius 2 is 1.95 bits per heavy atom. The fraction of sp³-hybridized carbons (Fsp3) is 0. The fourth-order valence-corrected chi connectivity index (χ4v) is 3.82. The molecule has 7 heteroatoms. The normalized spacial score (nSPS) is 10.7. The second-order valence-corrected chi connectivity index (χ2v) is 5.79. The Bertz CT molecular complexity index is 837. The van der Waals surface area contributed by atoms with Crippen molar-refractivity contribution in [2.45, 2.75) is 0 Å². The average Bonchev–Trinajstić information content (AvgIpc) is 2.76. The zero-order valence-corrected chi connectivity index (χ0v) is 11.2. The quantitative estimate of drug-likeness (QED) is 0.697. The molecular weight excluding hydrogens is 313 g/mol. The van der Waals surface area contributed by atoms with Crippen LogP contribution in [0.3, 0.4) is 0 Å². The summed E-state index contributed by atoms with van der Waals surface area (Å²) in [5.41, 5.74) is -0.427. The van der Waals surface area contributed by atoms with Gasteiger partial charge >= 0.3 is 112 Å². The van der Waals surface area contributed by atoms with Gasteiger partial charge in [0.1, 0.15) is 0 Å². The van der Waals surface area contributed by atoms with E-state index >= 15 is 0 Å². The van der Waals surface area contributed by atoms with Crippen molar-refractivity contribution in [3.05, 3.63) is 52.7 Å². The van der Waals surface area contributed by atoms with Crippen LogP contribution in [0, 0.1) is 0 Å². The molecule has 2 aromatic heterocycles.